The maximum atomic E-state index is 12.7. The van der Waals surface area contributed by atoms with Crippen molar-refractivity contribution in [1.29, 1.82) is 0 Å². The van der Waals surface area contributed by atoms with Crippen molar-refractivity contribution in [2.45, 2.75) is 44.4 Å². The molecule has 0 aliphatic heterocycles. The second kappa shape index (κ2) is 7.97. The zero-order chi connectivity index (χ0) is 18.6. The molecule has 0 saturated heterocycles. The van der Waals surface area contributed by atoms with Crippen molar-refractivity contribution in [3.05, 3.63) is 11.9 Å². The first-order valence-corrected chi connectivity index (χ1v) is 8.44. The summed E-state index contributed by atoms with van der Waals surface area (Å²) in [4.78, 5) is 10.4. The number of nitrogens with zero attached hydrogens (tertiary/aromatic N) is 4. The lowest BCUT2D eigenvalue weighted by Crippen LogP contribution is -2.45. The third-order valence-corrected chi connectivity index (χ3v) is 4.65. The molecule has 9 heteroatoms. The van der Waals surface area contributed by atoms with Crippen LogP contribution in [0.25, 0.3) is 0 Å². The molecule has 0 radical (unpaired) electrons. The van der Waals surface area contributed by atoms with E-state index in [1.54, 1.807) is 13.2 Å². The van der Waals surface area contributed by atoms with E-state index in [9.17, 15) is 13.2 Å². The van der Waals surface area contributed by atoms with Gasteiger partial charge in [0.2, 0.25) is 5.95 Å². The van der Waals surface area contributed by atoms with Gasteiger partial charge in [0.15, 0.2) is 5.96 Å². The minimum absolute atomic E-state index is 0.0219. The molecule has 2 N–H and O–H groups in total. The van der Waals surface area contributed by atoms with Gasteiger partial charge in [-0.05, 0) is 25.7 Å². The molecule has 0 unspecified atom stereocenters. The van der Waals surface area contributed by atoms with E-state index in [-0.39, 0.29) is 18.9 Å². The summed E-state index contributed by atoms with van der Waals surface area (Å²) in [6, 6.07) is 0.0219. The summed E-state index contributed by atoms with van der Waals surface area (Å²) in [6.07, 6.45) is -0.931. The first-order valence-electron chi connectivity index (χ1n) is 8.44. The van der Waals surface area contributed by atoms with Crippen LogP contribution in [0.15, 0.2) is 11.2 Å². The second-order valence-electron chi connectivity index (χ2n) is 6.66. The van der Waals surface area contributed by atoms with E-state index in [0.29, 0.717) is 25.3 Å². The minimum atomic E-state index is -4.07. The Morgan fingerprint density at radius 3 is 2.44 bits per heavy atom. The molecule has 1 aliphatic rings. The summed E-state index contributed by atoms with van der Waals surface area (Å²) in [5.74, 6) is 0.285. The number of alkyl halides is 3. The fraction of sp³-hybridized carbons (Fsp3) is 0.750. The summed E-state index contributed by atoms with van der Waals surface area (Å²) < 4.78 is 40.2. The molecular formula is C16H27F3N6. The summed E-state index contributed by atoms with van der Waals surface area (Å²) >= 11 is 0. The molecule has 0 bridgehead atoms. The van der Waals surface area contributed by atoms with Crippen LogP contribution in [0.3, 0.4) is 0 Å². The van der Waals surface area contributed by atoms with Crippen molar-refractivity contribution in [3.8, 4) is 0 Å². The molecule has 1 aromatic heterocycles. The van der Waals surface area contributed by atoms with Crippen LogP contribution in [-0.4, -0.2) is 48.9 Å². The molecular weight excluding hydrogens is 333 g/mol. The molecule has 1 fully saturated rings. The topological polar surface area (TPSA) is 57.5 Å². The first kappa shape index (κ1) is 19.4. The van der Waals surface area contributed by atoms with Gasteiger partial charge in [-0.25, -0.2) is 4.98 Å². The van der Waals surface area contributed by atoms with Gasteiger partial charge in [-0.15, -0.1) is 0 Å². The Labute approximate surface area is 146 Å². The number of imidazole rings is 1. The van der Waals surface area contributed by atoms with E-state index < -0.39 is 12.1 Å². The Hall–Kier alpha value is -1.93. The van der Waals surface area contributed by atoms with E-state index in [1.165, 1.54) is 0 Å². The predicted molar refractivity (Wildman–Crippen MR) is 92.7 cm³/mol. The quantitative estimate of drug-likeness (QED) is 0.639. The van der Waals surface area contributed by atoms with Crippen LogP contribution >= 0.6 is 0 Å². The summed E-state index contributed by atoms with van der Waals surface area (Å²) in [5, 5.41) is 6.43. The van der Waals surface area contributed by atoms with Gasteiger partial charge in [-0.1, -0.05) is 0 Å². The van der Waals surface area contributed by atoms with Crippen LogP contribution in [0.5, 0.6) is 0 Å². The Morgan fingerprint density at radius 2 is 1.96 bits per heavy atom. The first-order chi connectivity index (χ1) is 11.7. The maximum absolute atomic E-state index is 12.7. The number of hydrogen-bond donors (Lipinski definition) is 2. The smallest absolute Gasteiger partial charge is 0.354 e. The number of rotatable bonds is 4. The van der Waals surface area contributed by atoms with Gasteiger partial charge < -0.3 is 20.1 Å². The van der Waals surface area contributed by atoms with Crippen LogP contribution in [-0.2, 0) is 13.6 Å². The van der Waals surface area contributed by atoms with Crippen LogP contribution in [0.2, 0.25) is 0 Å². The molecule has 142 valence electrons. The van der Waals surface area contributed by atoms with E-state index >= 15 is 0 Å². The van der Waals surface area contributed by atoms with Crippen molar-refractivity contribution in [3.63, 3.8) is 0 Å². The van der Waals surface area contributed by atoms with Crippen molar-refractivity contribution >= 4 is 11.9 Å². The number of anilines is 1. The normalized spacial score (nSPS) is 22.0. The summed E-state index contributed by atoms with van der Waals surface area (Å²) in [5.41, 5.74) is 0.993. The van der Waals surface area contributed by atoms with Gasteiger partial charge in [0.25, 0.3) is 0 Å². The van der Waals surface area contributed by atoms with E-state index in [2.05, 4.69) is 20.6 Å². The van der Waals surface area contributed by atoms with Gasteiger partial charge in [0.1, 0.15) is 0 Å². The highest BCUT2D eigenvalue weighted by atomic mass is 19.4. The molecule has 0 aromatic carbocycles. The van der Waals surface area contributed by atoms with Gasteiger partial charge >= 0.3 is 6.18 Å². The summed E-state index contributed by atoms with van der Waals surface area (Å²) in [7, 11) is 7.45. The highest BCUT2D eigenvalue weighted by molar-refractivity contribution is 5.79. The largest absolute Gasteiger partial charge is 0.391 e. The molecule has 25 heavy (non-hydrogen) atoms. The fourth-order valence-corrected chi connectivity index (χ4v) is 3.14. The lowest BCUT2D eigenvalue weighted by atomic mass is 9.85. The van der Waals surface area contributed by atoms with Gasteiger partial charge in [0, 0.05) is 34.2 Å². The zero-order valence-electron chi connectivity index (χ0n) is 15.2. The summed E-state index contributed by atoms with van der Waals surface area (Å²) in [6.45, 7) is 0.537. The molecule has 1 aliphatic carbocycles. The number of aromatic nitrogens is 2. The highest BCUT2D eigenvalue weighted by Crippen LogP contribution is 2.37. The van der Waals surface area contributed by atoms with Gasteiger partial charge in [-0.2, -0.15) is 13.2 Å². The molecule has 1 aromatic rings. The number of nitrogens with one attached hydrogen (secondary N) is 2. The molecule has 1 heterocycles. The lowest BCUT2D eigenvalue weighted by molar-refractivity contribution is -0.182. The second-order valence-corrected chi connectivity index (χ2v) is 6.66. The van der Waals surface area contributed by atoms with Gasteiger partial charge in [0.05, 0.1) is 24.4 Å². The molecule has 0 amide bonds. The Balaban J connectivity index is 1.84. The van der Waals surface area contributed by atoms with Crippen LogP contribution in [0.1, 0.15) is 31.4 Å². The van der Waals surface area contributed by atoms with E-state index in [4.69, 9.17) is 0 Å². The highest BCUT2D eigenvalue weighted by Gasteiger charge is 2.41. The van der Waals surface area contributed by atoms with E-state index in [0.717, 1.165) is 11.6 Å². The third-order valence-electron chi connectivity index (χ3n) is 4.65. The average molecular weight is 360 g/mol. The molecule has 0 atom stereocenters. The molecule has 2 rings (SSSR count). The van der Waals surface area contributed by atoms with Crippen molar-refractivity contribution < 1.29 is 13.2 Å². The Morgan fingerprint density at radius 1 is 1.32 bits per heavy atom. The molecule has 1 saturated carbocycles. The lowest BCUT2D eigenvalue weighted by Gasteiger charge is -2.31. The van der Waals surface area contributed by atoms with E-state index in [1.807, 2.05) is 30.6 Å². The van der Waals surface area contributed by atoms with Crippen molar-refractivity contribution in [1.82, 2.24) is 20.2 Å². The van der Waals surface area contributed by atoms with Crippen LogP contribution in [0, 0.1) is 5.92 Å². The SMILES string of the molecule is CN=C(NCc1cnc(N(C)C)n1C)NC1CCC(C(F)(F)F)CC1. The third kappa shape index (κ3) is 5.02. The number of guanidine groups is 1. The number of hydrogen-bond acceptors (Lipinski definition) is 3. The van der Waals surface area contributed by atoms with Crippen LogP contribution in [0.4, 0.5) is 19.1 Å². The predicted octanol–water partition coefficient (Wildman–Crippen LogP) is 2.27. The Bertz CT molecular complexity index is 585. The monoisotopic (exact) mass is 360 g/mol. The molecule has 6 nitrogen and oxygen atoms in total. The van der Waals surface area contributed by atoms with Crippen molar-refractivity contribution in [2.75, 3.05) is 26.0 Å². The maximum Gasteiger partial charge on any atom is 0.391 e. The number of halogens is 3. The zero-order valence-corrected chi connectivity index (χ0v) is 15.2. The van der Waals surface area contributed by atoms with Crippen LogP contribution < -0.4 is 15.5 Å². The van der Waals surface area contributed by atoms with Gasteiger partial charge in [-0.3, -0.25) is 4.99 Å². The molecule has 0 spiro atoms. The minimum Gasteiger partial charge on any atom is -0.354 e. The number of aliphatic imine (C=N–C) groups is 1. The fourth-order valence-electron chi connectivity index (χ4n) is 3.14. The average Bonchev–Trinajstić information content (AvgIpc) is 2.92. The standard InChI is InChI=1S/C16H27F3N6/c1-20-14(21-9-13-10-22-15(24(2)3)25(13)4)23-12-7-5-11(6-8-12)16(17,18)19/h10-12H,5-9H2,1-4H3,(H2,20,21,23). The van der Waals surface area contributed by atoms with Crippen molar-refractivity contribution in [2.24, 2.45) is 18.0 Å². The Kier molecular flexibility index (Phi) is 6.18.